The molecule has 2 aromatic rings. The van der Waals surface area contributed by atoms with Crippen LogP contribution in [0, 0.1) is 13.8 Å². The number of esters is 1. The molecule has 0 radical (unpaired) electrons. The third-order valence-corrected chi connectivity index (χ3v) is 5.04. The lowest BCUT2D eigenvalue weighted by atomic mass is 10.1. The molecule has 154 valence electrons. The summed E-state index contributed by atoms with van der Waals surface area (Å²) in [6.45, 7) is 5.91. The van der Waals surface area contributed by atoms with Gasteiger partial charge in [0.1, 0.15) is 5.03 Å². The lowest BCUT2D eigenvalue weighted by Crippen LogP contribution is -2.38. The van der Waals surface area contributed by atoms with Crippen LogP contribution in [0.1, 0.15) is 34.8 Å². The molecule has 0 spiro atoms. The molecule has 0 aliphatic rings. The summed E-state index contributed by atoms with van der Waals surface area (Å²) in [5, 5.41) is 5.56. The standard InChI is InChI=1S/C21H25N3O4S/c1-4-9-22-18(25)12-24-19(26)13-28-21(27)17-6-5-10-23-20(17)29-16-8-7-14(2)15(3)11-16/h5-8,10-11H,4,9,12-13H2,1-3H3,(H,22,25)(H,24,26). The average molecular weight is 416 g/mol. The number of rotatable bonds is 9. The predicted octanol–water partition coefficient (Wildman–Crippen LogP) is 2.65. The molecule has 2 rings (SSSR count). The van der Waals surface area contributed by atoms with E-state index in [2.05, 4.69) is 15.6 Å². The molecule has 2 N–H and O–H groups in total. The van der Waals surface area contributed by atoms with Crippen LogP contribution in [0.5, 0.6) is 0 Å². The molecule has 1 aromatic carbocycles. The van der Waals surface area contributed by atoms with Crippen molar-refractivity contribution in [2.75, 3.05) is 19.7 Å². The van der Waals surface area contributed by atoms with Gasteiger partial charge in [0.25, 0.3) is 5.91 Å². The molecular weight excluding hydrogens is 390 g/mol. The van der Waals surface area contributed by atoms with E-state index in [1.807, 2.05) is 39.0 Å². The van der Waals surface area contributed by atoms with Gasteiger partial charge >= 0.3 is 5.97 Å². The van der Waals surface area contributed by atoms with E-state index in [1.54, 1.807) is 18.3 Å². The van der Waals surface area contributed by atoms with Crippen molar-refractivity contribution in [3.05, 3.63) is 53.2 Å². The fraction of sp³-hybridized carbons (Fsp3) is 0.333. The Morgan fingerprint density at radius 3 is 2.59 bits per heavy atom. The van der Waals surface area contributed by atoms with Gasteiger partial charge in [0.2, 0.25) is 5.91 Å². The Morgan fingerprint density at radius 2 is 1.86 bits per heavy atom. The second-order valence-electron chi connectivity index (χ2n) is 6.41. The summed E-state index contributed by atoms with van der Waals surface area (Å²) in [5.41, 5.74) is 2.61. The van der Waals surface area contributed by atoms with Gasteiger partial charge in [0, 0.05) is 17.6 Å². The number of carbonyl (C=O) groups is 3. The highest BCUT2D eigenvalue weighted by atomic mass is 32.2. The van der Waals surface area contributed by atoms with Gasteiger partial charge in [-0.1, -0.05) is 24.8 Å². The zero-order valence-electron chi connectivity index (χ0n) is 16.8. The second kappa shape index (κ2) is 11.2. The van der Waals surface area contributed by atoms with Gasteiger partial charge in [0.15, 0.2) is 6.61 Å². The van der Waals surface area contributed by atoms with Gasteiger partial charge in [0.05, 0.1) is 12.1 Å². The molecule has 0 atom stereocenters. The van der Waals surface area contributed by atoms with Gasteiger partial charge in [-0.3, -0.25) is 9.59 Å². The van der Waals surface area contributed by atoms with Gasteiger partial charge in [-0.15, -0.1) is 0 Å². The predicted molar refractivity (Wildman–Crippen MR) is 111 cm³/mol. The van der Waals surface area contributed by atoms with Crippen molar-refractivity contribution in [1.82, 2.24) is 15.6 Å². The summed E-state index contributed by atoms with van der Waals surface area (Å²) >= 11 is 1.36. The molecule has 29 heavy (non-hydrogen) atoms. The number of pyridine rings is 1. The smallest absolute Gasteiger partial charge is 0.341 e. The lowest BCUT2D eigenvalue weighted by Gasteiger charge is -2.10. The van der Waals surface area contributed by atoms with Crippen LogP contribution >= 0.6 is 11.8 Å². The first kappa shape index (κ1) is 22.4. The average Bonchev–Trinajstić information content (AvgIpc) is 2.72. The molecule has 0 bridgehead atoms. The van der Waals surface area contributed by atoms with E-state index in [0.29, 0.717) is 11.6 Å². The summed E-state index contributed by atoms with van der Waals surface area (Å²) in [6, 6.07) is 9.25. The zero-order chi connectivity index (χ0) is 21.2. The van der Waals surface area contributed by atoms with Crippen molar-refractivity contribution in [3.63, 3.8) is 0 Å². The minimum absolute atomic E-state index is 0.156. The fourth-order valence-electron chi connectivity index (χ4n) is 2.28. The Morgan fingerprint density at radius 1 is 1.07 bits per heavy atom. The van der Waals surface area contributed by atoms with E-state index < -0.39 is 18.5 Å². The van der Waals surface area contributed by atoms with E-state index in [9.17, 15) is 14.4 Å². The van der Waals surface area contributed by atoms with Crippen LogP contribution in [0.4, 0.5) is 0 Å². The topological polar surface area (TPSA) is 97.4 Å². The zero-order valence-corrected chi connectivity index (χ0v) is 17.6. The molecule has 0 aliphatic carbocycles. The first-order chi connectivity index (χ1) is 13.9. The first-order valence-corrected chi connectivity index (χ1v) is 10.1. The van der Waals surface area contributed by atoms with Gasteiger partial charge in [-0.05, 0) is 55.7 Å². The van der Waals surface area contributed by atoms with Crippen LogP contribution in [-0.2, 0) is 14.3 Å². The number of aryl methyl sites for hydroxylation is 2. The quantitative estimate of drug-likeness (QED) is 0.611. The molecule has 0 fully saturated rings. The summed E-state index contributed by atoms with van der Waals surface area (Å²) in [5.74, 6) is -1.47. The minimum Gasteiger partial charge on any atom is -0.452 e. The Kier molecular flexibility index (Phi) is 8.67. The van der Waals surface area contributed by atoms with Crippen LogP contribution in [-0.4, -0.2) is 42.5 Å². The van der Waals surface area contributed by atoms with Crippen molar-refractivity contribution in [2.24, 2.45) is 0 Å². The van der Waals surface area contributed by atoms with Gasteiger partial charge < -0.3 is 15.4 Å². The number of ether oxygens (including phenoxy) is 1. The van der Waals surface area contributed by atoms with E-state index in [0.717, 1.165) is 16.9 Å². The lowest BCUT2D eigenvalue weighted by molar-refractivity contribution is -0.127. The van der Waals surface area contributed by atoms with Crippen molar-refractivity contribution >= 4 is 29.5 Å². The number of nitrogens with one attached hydrogen (secondary N) is 2. The summed E-state index contributed by atoms with van der Waals surface area (Å²) in [7, 11) is 0. The Bertz CT molecular complexity index is 886. The van der Waals surface area contributed by atoms with Crippen LogP contribution in [0.15, 0.2) is 46.5 Å². The maximum absolute atomic E-state index is 12.4. The van der Waals surface area contributed by atoms with E-state index in [4.69, 9.17) is 4.74 Å². The number of hydrogen-bond acceptors (Lipinski definition) is 6. The van der Waals surface area contributed by atoms with Crippen molar-refractivity contribution in [3.8, 4) is 0 Å². The number of amides is 2. The highest BCUT2D eigenvalue weighted by molar-refractivity contribution is 7.99. The normalized spacial score (nSPS) is 10.3. The molecule has 0 unspecified atom stereocenters. The minimum atomic E-state index is -0.644. The highest BCUT2D eigenvalue weighted by Gasteiger charge is 2.17. The van der Waals surface area contributed by atoms with Crippen LogP contribution < -0.4 is 10.6 Å². The summed E-state index contributed by atoms with van der Waals surface area (Å²) < 4.78 is 5.09. The van der Waals surface area contributed by atoms with E-state index in [-0.39, 0.29) is 18.0 Å². The Labute approximate surface area is 174 Å². The number of aromatic nitrogens is 1. The summed E-state index contributed by atoms with van der Waals surface area (Å²) in [6.07, 6.45) is 2.41. The van der Waals surface area contributed by atoms with Crippen molar-refractivity contribution in [2.45, 2.75) is 37.1 Å². The maximum Gasteiger partial charge on any atom is 0.341 e. The molecule has 7 nitrogen and oxygen atoms in total. The van der Waals surface area contributed by atoms with E-state index >= 15 is 0 Å². The number of nitrogens with zero attached hydrogens (tertiary/aromatic N) is 1. The van der Waals surface area contributed by atoms with Crippen LogP contribution in [0.25, 0.3) is 0 Å². The molecule has 1 heterocycles. The Balaban J connectivity index is 1.93. The van der Waals surface area contributed by atoms with Crippen LogP contribution in [0.3, 0.4) is 0 Å². The third-order valence-electron chi connectivity index (χ3n) is 4.04. The highest BCUT2D eigenvalue weighted by Crippen LogP contribution is 2.30. The number of benzene rings is 1. The van der Waals surface area contributed by atoms with Crippen molar-refractivity contribution in [1.29, 1.82) is 0 Å². The van der Waals surface area contributed by atoms with Crippen LogP contribution in [0.2, 0.25) is 0 Å². The number of hydrogen-bond donors (Lipinski definition) is 2. The maximum atomic E-state index is 12.4. The SMILES string of the molecule is CCCNC(=O)CNC(=O)COC(=O)c1cccnc1Sc1ccc(C)c(C)c1. The molecule has 0 aliphatic heterocycles. The summed E-state index contributed by atoms with van der Waals surface area (Å²) in [4.78, 5) is 40.9. The second-order valence-corrected chi connectivity index (χ2v) is 7.47. The number of carbonyl (C=O) groups excluding carboxylic acids is 3. The van der Waals surface area contributed by atoms with E-state index in [1.165, 1.54) is 17.3 Å². The molecule has 0 saturated carbocycles. The first-order valence-electron chi connectivity index (χ1n) is 9.31. The third kappa shape index (κ3) is 7.23. The molecule has 8 heteroatoms. The van der Waals surface area contributed by atoms with Gasteiger partial charge in [-0.2, -0.15) is 0 Å². The Hall–Kier alpha value is -2.87. The monoisotopic (exact) mass is 415 g/mol. The van der Waals surface area contributed by atoms with Crippen molar-refractivity contribution < 1.29 is 19.1 Å². The largest absolute Gasteiger partial charge is 0.452 e. The molecular formula is C21H25N3O4S. The molecule has 2 amide bonds. The molecule has 1 aromatic heterocycles. The van der Waals surface area contributed by atoms with Gasteiger partial charge in [-0.25, -0.2) is 9.78 Å². The fourth-order valence-corrected chi connectivity index (χ4v) is 3.25. The molecule has 0 saturated heterocycles.